The predicted molar refractivity (Wildman–Crippen MR) is 156 cm³/mol. The van der Waals surface area contributed by atoms with Gasteiger partial charge in [0, 0.05) is 34.9 Å². The molecule has 3 N–H and O–H groups in total. The molecular weight excluding hydrogens is 474 g/mol. The van der Waals surface area contributed by atoms with Crippen LogP contribution >= 0.6 is 10.2 Å². The van der Waals surface area contributed by atoms with Gasteiger partial charge in [-0.3, -0.25) is 4.72 Å². The highest BCUT2D eigenvalue weighted by atomic mass is 32.3. The first-order valence-corrected chi connectivity index (χ1v) is 14.9. The lowest BCUT2D eigenvalue weighted by molar-refractivity contribution is 0.264. The fraction of sp³-hybridized carbons (Fsp3) is 0.448. The highest BCUT2D eigenvalue weighted by molar-refractivity contribution is 8.31. The third kappa shape index (κ3) is 7.58. The third-order valence-corrected chi connectivity index (χ3v) is 9.17. The molecule has 2 aromatic rings. The van der Waals surface area contributed by atoms with Gasteiger partial charge >= 0.3 is 0 Å². The summed E-state index contributed by atoms with van der Waals surface area (Å²) in [7, 11) is 4.54. The normalized spacial score (nSPS) is 15.2. The Bertz CT molecular complexity index is 1040. The zero-order valence-electron chi connectivity index (χ0n) is 23.0. The first kappa shape index (κ1) is 29.9. The minimum atomic E-state index is -1.21. The van der Waals surface area contributed by atoms with E-state index in [-0.39, 0.29) is 17.6 Å². The molecule has 200 valence electrons. The lowest BCUT2D eigenvalue weighted by atomic mass is 10.0. The van der Waals surface area contributed by atoms with Gasteiger partial charge in [-0.05, 0) is 87.8 Å². The van der Waals surface area contributed by atoms with Gasteiger partial charge in [-0.2, -0.15) is 10.2 Å². The molecule has 1 aliphatic rings. The van der Waals surface area contributed by atoms with Crippen LogP contribution in [0.15, 0.2) is 48.4 Å². The van der Waals surface area contributed by atoms with Crippen LogP contribution in [0, 0.1) is 11.6 Å². The summed E-state index contributed by atoms with van der Waals surface area (Å²) in [6.07, 6.45) is 8.02. The van der Waals surface area contributed by atoms with E-state index in [1.165, 1.54) is 0 Å². The van der Waals surface area contributed by atoms with Gasteiger partial charge in [0.1, 0.15) is 11.6 Å². The average molecular weight is 519 g/mol. The Labute approximate surface area is 218 Å². The van der Waals surface area contributed by atoms with Crippen molar-refractivity contribution in [3.8, 4) is 0 Å². The third-order valence-electron chi connectivity index (χ3n) is 6.74. The first-order chi connectivity index (χ1) is 16.9. The van der Waals surface area contributed by atoms with Crippen molar-refractivity contribution in [2.75, 3.05) is 52.1 Å². The van der Waals surface area contributed by atoms with Crippen molar-refractivity contribution < 1.29 is 8.78 Å². The maximum absolute atomic E-state index is 14.2. The maximum Gasteiger partial charge on any atom is 0.139 e. The predicted octanol–water partition coefficient (Wildman–Crippen LogP) is 6.67. The number of rotatable bonds is 8. The molecule has 0 atom stereocenters. The average Bonchev–Trinajstić information content (AvgIpc) is 2.85. The summed E-state index contributed by atoms with van der Waals surface area (Å²) >= 11 is 0. The standard InChI is InChI=1S/C17H24FN3.C12H20FNS/c1-5-13-10-15(12(2)19-3)16(18)11-17(13)20-14-6-8-21(4)9-7-14;1-9(2)10-7-6-8-11(12(10)13)15(4,5)14-3/h5,10-11,14,19-20H,1-2,6-9H2,3-4H3;6-9,14H,1-5H3. The number of benzene rings is 2. The second-order valence-corrected chi connectivity index (χ2v) is 13.4. The van der Waals surface area contributed by atoms with Crippen LogP contribution in [-0.2, 0) is 0 Å². The lowest BCUT2D eigenvalue weighted by Gasteiger charge is -2.32. The van der Waals surface area contributed by atoms with Crippen molar-refractivity contribution in [1.29, 1.82) is 0 Å². The Morgan fingerprint density at radius 1 is 1.14 bits per heavy atom. The molecule has 4 nitrogen and oxygen atoms in total. The van der Waals surface area contributed by atoms with Crippen molar-refractivity contribution in [3.05, 3.63) is 71.8 Å². The molecular formula is C29H44F2N4S. The molecule has 1 heterocycles. The van der Waals surface area contributed by atoms with Gasteiger partial charge in [0.2, 0.25) is 0 Å². The van der Waals surface area contributed by atoms with Crippen LogP contribution in [0.25, 0.3) is 11.8 Å². The number of hydrogen-bond acceptors (Lipinski definition) is 4. The van der Waals surface area contributed by atoms with E-state index >= 15 is 0 Å². The van der Waals surface area contributed by atoms with Gasteiger partial charge in [-0.15, -0.1) is 0 Å². The van der Waals surface area contributed by atoms with E-state index in [9.17, 15) is 8.78 Å². The molecule has 0 aromatic heterocycles. The molecule has 0 bridgehead atoms. The molecule has 1 saturated heterocycles. The fourth-order valence-corrected chi connectivity index (χ4v) is 5.30. The second-order valence-electron chi connectivity index (χ2n) is 9.92. The zero-order chi connectivity index (χ0) is 27.0. The lowest BCUT2D eigenvalue weighted by Crippen LogP contribution is -2.36. The summed E-state index contributed by atoms with van der Waals surface area (Å²) in [6.45, 7) is 13.8. The quantitative estimate of drug-likeness (QED) is 0.365. The molecule has 0 saturated carbocycles. The number of likely N-dealkylation sites (tertiary alicyclic amines) is 1. The van der Waals surface area contributed by atoms with E-state index in [1.807, 2.05) is 39.1 Å². The summed E-state index contributed by atoms with van der Waals surface area (Å²) < 4.78 is 31.6. The summed E-state index contributed by atoms with van der Waals surface area (Å²) in [5, 5.41) is 6.34. The Hall–Kier alpha value is -2.35. The zero-order valence-corrected chi connectivity index (χ0v) is 23.8. The Kier molecular flexibility index (Phi) is 11.0. The number of piperidine rings is 1. The largest absolute Gasteiger partial charge is 0.388 e. The molecule has 0 amide bonds. The Morgan fingerprint density at radius 3 is 2.31 bits per heavy atom. The Morgan fingerprint density at radius 2 is 1.78 bits per heavy atom. The SMILES string of the molecule is C=Cc1cc(C(=C)NC)c(F)cc1NC1CCN(C)CC1.CNS(C)(C)c1cccc(C(C)C)c1F. The van der Waals surface area contributed by atoms with E-state index in [4.69, 9.17) is 0 Å². The molecule has 0 radical (unpaired) electrons. The van der Waals surface area contributed by atoms with Crippen LogP contribution in [0.3, 0.4) is 0 Å². The van der Waals surface area contributed by atoms with Gasteiger partial charge in [0.25, 0.3) is 0 Å². The first-order valence-electron chi connectivity index (χ1n) is 12.4. The summed E-state index contributed by atoms with van der Waals surface area (Å²) in [4.78, 5) is 3.13. The molecule has 1 aliphatic heterocycles. The smallest absolute Gasteiger partial charge is 0.139 e. The van der Waals surface area contributed by atoms with Gasteiger partial charge < -0.3 is 15.5 Å². The van der Waals surface area contributed by atoms with E-state index in [2.05, 4.69) is 53.0 Å². The minimum absolute atomic E-state index is 0.0400. The fourth-order valence-electron chi connectivity index (χ4n) is 4.10. The molecule has 0 unspecified atom stereocenters. The number of nitrogens with zero attached hydrogens (tertiary/aromatic N) is 1. The molecule has 36 heavy (non-hydrogen) atoms. The van der Waals surface area contributed by atoms with Crippen molar-refractivity contribution in [2.24, 2.45) is 0 Å². The summed E-state index contributed by atoms with van der Waals surface area (Å²) in [5.74, 6) is -0.0748. The van der Waals surface area contributed by atoms with Crippen LogP contribution in [0.2, 0.25) is 0 Å². The number of anilines is 1. The molecule has 7 heteroatoms. The van der Waals surface area contributed by atoms with Crippen LogP contribution < -0.4 is 15.4 Å². The van der Waals surface area contributed by atoms with Crippen LogP contribution in [-0.4, -0.2) is 57.7 Å². The Balaban J connectivity index is 0.000000269. The van der Waals surface area contributed by atoms with Crippen LogP contribution in [0.1, 0.15) is 49.3 Å². The van der Waals surface area contributed by atoms with Crippen molar-refractivity contribution in [2.45, 2.75) is 43.5 Å². The van der Waals surface area contributed by atoms with Crippen molar-refractivity contribution >= 4 is 27.7 Å². The van der Waals surface area contributed by atoms with Crippen molar-refractivity contribution in [1.82, 2.24) is 14.9 Å². The van der Waals surface area contributed by atoms with E-state index in [1.54, 1.807) is 25.3 Å². The molecule has 2 aromatic carbocycles. The van der Waals surface area contributed by atoms with Crippen molar-refractivity contribution in [3.63, 3.8) is 0 Å². The number of hydrogen-bond donors (Lipinski definition) is 3. The monoisotopic (exact) mass is 518 g/mol. The van der Waals surface area contributed by atoms with Crippen LogP contribution in [0.4, 0.5) is 14.5 Å². The number of halogens is 2. The molecule has 0 spiro atoms. The summed E-state index contributed by atoms with van der Waals surface area (Å²) in [5.41, 5.74) is 3.58. The van der Waals surface area contributed by atoms with Gasteiger partial charge in [0.05, 0.1) is 0 Å². The second kappa shape index (κ2) is 13.3. The van der Waals surface area contributed by atoms with Gasteiger partial charge in [-0.25, -0.2) is 8.78 Å². The van der Waals surface area contributed by atoms with Crippen LogP contribution in [0.5, 0.6) is 0 Å². The highest BCUT2D eigenvalue weighted by Crippen LogP contribution is 2.46. The highest BCUT2D eigenvalue weighted by Gasteiger charge is 2.20. The van der Waals surface area contributed by atoms with Gasteiger partial charge in [-0.1, -0.05) is 45.2 Å². The minimum Gasteiger partial charge on any atom is -0.388 e. The maximum atomic E-state index is 14.2. The van der Waals surface area contributed by atoms with E-state index in [0.717, 1.165) is 47.6 Å². The van der Waals surface area contributed by atoms with E-state index in [0.29, 0.717) is 17.3 Å². The van der Waals surface area contributed by atoms with E-state index < -0.39 is 10.2 Å². The molecule has 3 rings (SSSR count). The molecule has 1 fully saturated rings. The molecule has 0 aliphatic carbocycles. The topological polar surface area (TPSA) is 39.3 Å². The number of nitrogens with one attached hydrogen (secondary N) is 3. The van der Waals surface area contributed by atoms with Gasteiger partial charge in [0.15, 0.2) is 0 Å². The summed E-state index contributed by atoms with van der Waals surface area (Å²) in [6, 6.07) is 9.42.